The monoisotopic (exact) mass is 312 g/mol. The lowest BCUT2D eigenvalue weighted by atomic mass is 9.87. The van der Waals surface area contributed by atoms with Crippen LogP contribution >= 0.6 is 0 Å². The molecule has 1 aliphatic rings. The smallest absolute Gasteiger partial charge is 0.315 e. The Morgan fingerprint density at radius 2 is 1.91 bits per heavy atom. The summed E-state index contributed by atoms with van der Waals surface area (Å²) in [5, 5.41) is 13.7. The molecule has 22 heavy (non-hydrogen) atoms. The number of benzene rings is 1. The number of rotatable bonds is 5. The molecular weight excluding hydrogens is 294 g/mol. The summed E-state index contributed by atoms with van der Waals surface area (Å²) in [5.41, 5.74) is -0.606. The molecule has 2 rings (SSSR count). The van der Waals surface area contributed by atoms with Crippen LogP contribution in [0.5, 0.6) is 0 Å². The Hall–Kier alpha value is -2.18. The molecule has 1 fully saturated rings. The lowest BCUT2D eigenvalue weighted by Gasteiger charge is -2.31. The Kier molecular flexibility index (Phi) is 4.95. The second-order valence-electron chi connectivity index (χ2n) is 5.44. The molecule has 1 aromatic rings. The largest absolute Gasteiger partial charge is 0.481 e. The number of carbonyl (C=O) groups excluding carboxylic acids is 1. The second-order valence-corrected chi connectivity index (χ2v) is 5.44. The van der Waals surface area contributed by atoms with Crippen molar-refractivity contribution in [1.29, 1.82) is 0 Å². The molecule has 2 amide bonds. The van der Waals surface area contributed by atoms with Gasteiger partial charge in [0.15, 0.2) is 0 Å². The Balaban J connectivity index is 2.11. The zero-order chi connectivity index (χ0) is 16.2. The van der Waals surface area contributed by atoms with E-state index in [0.29, 0.717) is 12.8 Å². The molecular formula is C15H18F2N2O3. The average molecular weight is 312 g/mol. The fourth-order valence-corrected chi connectivity index (χ4v) is 2.86. The number of carboxylic acids is 1. The third-order valence-corrected chi connectivity index (χ3v) is 3.88. The van der Waals surface area contributed by atoms with Gasteiger partial charge in [-0.25, -0.2) is 13.6 Å². The Morgan fingerprint density at radius 3 is 2.50 bits per heavy atom. The molecule has 3 N–H and O–H groups in total. The summed E-state index contributed by atoms with van der Waals surface area (Å²) in [5.74, 6) is -2.37. The molecule has 0 saturated heterocycles. The third kappa shape index (κ3) is 3.72. The van der Waals surface area contributed by atoms with Gasteiger partial charge in [0.25, 0.3) is 0 Å². The summed E-state index contributed by atoms with van der Waals surface area (Å²) < 4.78 is 27.1. The van der Waals surface area contributed by atoms with Gasteiger partial charge in [0.1, 0.15) is 11.6 Å². The number of nitrogens with one attached hydrogen (secondary N) is 2. The van der Waals surface area contributed by atoms with Gasteiger partial charge in [0, 0.05) is 18.2 Å². The zero-order valence-corrected chi connectivity index (χ0v) is 12.0. The highest BCUT2D eigenvalue weighted by Gasteiger charge is 2.39. The minimum atomic E-state index is -1.01. The summed E-state index contributed by atoms with van der Waals surface area (Å²) in [7, 11) is 0. The van der Waals surface area contributed by atoms with Crippen LogP contribution in [0.2, 0.25) is 0 Å². The molecule has 7 heteroatoms. The van der Waals surface area contributed by atoms with Crippen LogP contribution in [-0.2, 0) is 10.3 Å². The molecule has 0 unspecified atom stereocenters. The number of halogens is 2. The van der Waals surface area contributed by atoms with E-state index < -0.39 is 29.2 Å². The van der Waals surface area contributed by atoms with Gasteiger partial charge in [0.2, 0.25) is 0 Å². The minimum absolute atomic E-state index is 0.0108. The van der Waals surface area contributed by atoms with Crippen molar-refractivity contribution in [3.8, 4) is 0 Å². The number of carbonyl (C=O) groups is 2. The first kappa shape index (κ1) is 16.2. The Labute approximate surface area is 126 Å². The van der Waals surface area contributed by atoms with Crippen molar-refractivity contribution in [1.82, 2.24) is 10.6 Å². The van der Waals surface area contributed by atoms with E-state index in [2.05, 4.69) is 10.6 Å². The van der Waals surface area contributed by atoms with E-state index in [4.69, 9.17) is 5.11 Å². The first-order valence-electron chi connectivity index (χ1n) is 7.16. The number of amides is 2. The van der Waals surface area contributed by atoms with Gasteiger partial charge >= 0.3 is 12.0 Å². The van der Waals surface area contributed by atoms with Gasteiger partial charge < -0.3 is 15.7 Å². The highest BCUT2D eigenvalue weighted by molar-refractivity contribution is 5.76. The third-order valence-electron chi connectivity index (χ3n) is 3.88. The van der Waals surface area contributed by atoms with Crippen LogP contribution in [0, 0.1) is 11.6 Å². The first-order valence-corrected chi connectivity index (χ1v) is 7.16. The van der Waals surface area contributed by atoms with Gasteiger partial charge in [-0.3, -0.25) is 4.79 Å². The van der Waals surface area contributed by atoms with E-state index in [1.807, 2.05) is 0 Å². The average Bonchev–Trinajstić information content (AvgIpc) is 2.87. The molecule has 0 aliphatic heterocycles. The molecule has 1 aromatic carbocycles. The van der Waals surface area contributed by atoms with E-state index in [9.17, 15) is 18.4 Å². The summed E-state index contributed by atoms with van der Waals surface area (Å²) in [4.78, 5) is 22.4. The number of carboxylic acid groups (broad SMARTS) is 1. The highest BCUT2D eigenvalue weighted by atomic mass is 19.1. The van der Waals surface area contributed by atoms with Crippen LogP contribution in [0.1, 0.15) is 37.7 Å². The van der Waals surface area contributed by atoms with E-state index in [0.717, 1.165) is 18.9 Å². The van der Waals surface area contributed by atoms with Crippen LogP contribution in [0.3, 0.4) is 0 Å². The lowest BCUT2D eigenvalue weighted by molar-refractivity contribution is -0.136. The molecule has 5 nitrogen and oxygen atoms in total. The Morgan fingerprint density at radius 1 is 1.23 bits per heavy atom. The second kappa shape index (κ2) is 6.72. The van der Waals surface area contributed by atoms with E-state index in [1.54, 1.807) is 0 Å². The van der Waals surface area contributed by atoms with Crippen molar-refractivity contribution in [2.45, 2.75) is 37.6 Å². The Bertz CT molecular complexity index is 572. The predicted octanol–water partition coefficient (Wildman–Crippen LogP) is 2.51. The molecule has 1 aliphatic carbocycles. The van der Waals surface area contributed by atoms with Crippen molar-refractivity contribution in [3.05, 3.63) is 35.4 Å². The van der Waals surface area contributed by atoms with Gasteiger partial charge in [-0.05, 0) is 18.9 Å². The van der Waals surface area contributed by atoms with Gasteiger partial charge in [0.05, 0.1) is 12.0 Å². The van der Waals surface area contributed by atoms with Crippen molar-refractivity contribution >= 4 is 12.0 Å². The van der Waals surface area contributed by atoms with Crippen LogP contribution in [0.25, 0.3) is 0 Å². The molecule has 0 radical (unpaired) electrons. The number of hydrogen-bond acceptors (Lipinski definition) is 2. The summed E-state index contributed by atoms with van der Waals surface area (Å²) >= 11 is 0. The molecule has 0 spiro atoms. The topological polar surface area (TPSA) is 78.4 Å². The molecule has 0 heterocycles. The van der Waals surface area contributed by atoms with Crippen LogP contribution in [0.15, 0.2) is 18.2 Å². The van der Waals surface area contributed by atoms with Crippen LogP contribution in [-0.4, -0.2) is 23.7 Å². The van der Waals surface area contributed by atoms with Crippen LogP contribution in [0.4, 0.5) is 13.6 Å². The van der Waals surface area contributed by atoms with Crippen molar-refractivity contribution in [2.24, 2.45) is 0 Å². The number of hydrogen-bond donors (Lipinski definition) is 3. The normalized spacial score (nSPS) is 16.3. The first-order chi connectivity index (χ1) is 10.4. The van der Waals surface area contributed by atoms with Gasteiger partial charge in [-0.15, -0.1) is 0 Å². The fraction of sp³-hybridized carbons (Fsp3) is 0.467. The van der Waals surface area contributed by atoms with E-state index >= 15 is 0 Å². The highest BCUT2D eigenvalue weighted by Crippen LogP contribution is 2.39. The number of urea groups is 1. The van der Waals surface area contributed by atoms with E-state index in [-0.39, 0.29) is 18.5 Å². The summed E-state index contributed by atoms with van der Waals surface area (Å²) in [6.45, 7) is -0.0108. The molecule has 120 valence electrons. The molecule has 0 atom stereocenters. The SMILES string of the molecule is O=C(O)CCNC(=O)NC1(c2ccc(F)cc2F)CCCC1. The van der Waals surface area contributed by atoms with Crippen molar-refractivity contribution in [3.63, 3.8) is 0 Å². The maximum absolute atomic E-state index is 14.1. The predicted molar refractivity (Wildman–Crippen MR) is 75.3 cm³/mol. The summed E-state index contributed by atoms with van der Waals surface area (Å²) in [6, 6.07) is 2.78. The maximum Gasteiger partial charge on any atom is 0.315 e. The van der Waals surface area contributed by atoms with Gasteiger partial charge in [-0.1, -0.05) is 18.9 Å². The lowest BCUT2D eigenvalue weighted by Crippen LogP contribution is -2.49. The summed E-state index contributed by atoms with van der Waals surface area (Å²) in [6.07, 6.45) is 2.58. The molecule has 1 saturated carbocycles. The van der Waals surface area contributed by atoms with Gasteiger partial charge in [-0.2, -0.15) is 0 Å². The number of aliphatic carboxylic acids is 1. The quantitative estimate of drug-likeness (QED) is 0.781. The van der Waals surface area contributed by atoms with Crippen molar-refractivity contribution in [2.75, 3.05) is 6.54 Å². The van der Waals surface area contributed by atoms with E-state index in [1.165, 1.54) is 12.1 Å². The standard InChI is InChI=1S/C15H18F2N2O3/c16-10-3-4-11(12(17)9-10)15(6-1-2-7-15)19-14(22)18-8-5-13(20)21/h3-4,9H,1-2,5-8H2,(H,20,21)(H2,18,19,22). The fourth-order valence-electron chi connectivity index (χ4n) is 2.86. The van der Waals surface area contributed by atoms with Crippen LogP contribution < -0.4 is 10.6 Å². The minimum Gasteiger partial charge on any atom is -0.481 e. The molecule has 0 bridgehead atoms. The molecule has 0 aromatic heterocycles. The van der Waals surface area contributed by atoms with Crippen molar-refractivity contribution < 1.29 is 23.5 Å². The zero-order valence-electron chi connectivity index (χ0n) is 12.0. The maximum atomic E-state index is 14.1.